The molecular weight excluding hydrogens is 288 g/mol. The second-order valence-corrected chi connectivity index (χ2v) is 8.22. The lowest BCUT2D eigenvalue weighted by Crippen LogP contribution is -2.44. The Hall–Kier alpha value is -1.40. The lowest BCUT2D eigenvalue weighted by molar-refractivity contribution is -0.122. The second kappa shape index (κ2) is 6.15. The Morgan fingerprint density at radius 1 is 1.33 bits per heavy atom. The molecule has 1 amide bonds. The highest BCUT2D eigenvalue weighted by atomic mass is 32.2. The van der Waals surface area contributed by atoms with Crippen molar-refractivity contribution in [2.24, 2.45) is 11.1 Å². The van der Waals surface area contributed by atoms with Crippen molar-refractivity contribution in [3.05, 3.63) is 35.9 Å². The molecule has 3 N–H and O–H groups in total. The van der Waals surface area contributed by atoms with Gasteiger partial charge in [0, 0.05) is 18.2 Å². The number of benzene rings is 1. The van der Waals surface area contributed by atoms with Gasteiger partial charge in [-0.15, -0.1) is 0 Å². The maximum Gasteiger partial charge on any atom is 0.237 e. The summed E-state index contributed by atoms with van der Waals surface area (Å²) in [5, 5.41) is 2.80. The third-order valence-electron chi connectivity index (χ3n) is 3.80. The van der Waals surface area contributed by atoms with Gasteiger partial charge in [0.2, 0.25) is 5.91 Å². The SMILES string of the molecule is CS(=O)(=O)CC1(CNC(=O)[C@@H](N)Cc2ccccc2)CC1. The Bertz CT molecular complexity index is 595. The summed E-state index contributed by atoms with van der Waals surface area (Å²) in [6, 6.07) is 8.98. The fraction of sp³-hybridized carbons (Fsp3) is 0.533. The van der Waals surface area contributed by atoms with Crippen LogP contribution in [0.5, 0.6) is 0 Å². The topological polar surface area (TPSA) is 89.3 Å². The molecule has 0 heterocycles. The van der Waals surface area contributed by atoms with Crippen molar-refractivity contribution >= 4 is 15.7 Å². The second-order valence-electron chi connectivity index (χ2n) is 6.08. The molecule has 0 saturated heterocycles. The number of nitrogens with one attached hydrogen (secondary N) is 1. The van der Waals surface area contributed by atoms with Crippen LogP contribution in [0.15, 0.2) is 30.3 Å². The molecule has 0 bridgehead atoms. The van der Waals surface area contributed by atoms with Crippen LogP contribution in [-0.4, -0.2) is 38.9 Å². The molecule has 21 heavy (non-hydrogen) atoms. The van der Waals surface area contributed by atoms with Crippen molar-refractivity contribution < 1.29 is 13.2 Å². The van der Waals surface area contributed by atoms with E-state index in [2.05, 4.69) is 5.32 Å². The summed E-state index contributed by atoms with van der Waals surface area (Å²) in [7, 11) is -3.02. The van der Waals surface area contributed by atoms with Crippen molar-refractivity contribution in [3.63, 3.8) is 0 Å². The molecule has 5 nitrogen and oxygen atoms in total. The zero-order valence-corrected chi connectivity index (χ0v) is 13.0. The van der Waals surface area contributed by atoms with Gasteiger partial charge in [0.1, 0.15) is 9.84 Å². The van der Waals surface area contributed by atoms with Crippen LogP contribution in [0.4, 0.5) is 0 Å². The first-order valence-electron chi connectivity index (χ1n) is 7.05. The van der Waals surface area contributed by atoms with Crippen LogP contribution in [0, 0.1) is 5.41 Å². The Labute approximate surface area is 125 Å². The predicted molar refractivity (Wildman–Crippen MR) is 82.5 cm³/mol. The van der Waals surface area contributed by atoms with Crippen LogP contribution in [0.2, 0.25) is 0 Å². The van der Waals surface area contributed by atoms with Crippen molar-refractivity contribution in [2.75, 3.05) is 18.6 Å². The average Bonchev–Trinajstić information content (AvgIpc) is 3.15. The van der Waals surface area contributed by atoms with Crippen molar-refractivity contribution in [1.29, 1.82) is 0 Å². The van der Waals surface area contributed by atoms with Gasteiger partial charge >= 0.3 is 0 Å². The molecule has 1 saturated carbocycles. The number of rotatable bonds is 7. The standard InChI is InChI=1S/C15H22N2O3S/c1-21(19,20)11-15(7-8-15)10-17-14(18)13(16)9-12-5-3-2-4-6-12/h2-6,13H,7-11,16H2,1H3,(H,17,18)/t13-/m0/s1. The van der Waals surface area contributed by atoms with E-state index < -0.39 is 15.9 Å². The van der Waals surface area contributed by atoms with Gasteiger partial charge in [-0.1, -0.05) is 30.3 Å². The first-order chi connectivity index (χ1) is 9.80. The molecule has 1 aliphatic rings. The highest BCUT2D eigenvalue weighted by Gasteiger charge is 2.45. The summed E-state index contributed by atoms with van der Waals surface area (Å²) in [5.74, 6) is -0.0904. The van der Waals surface area contributed by atoms with E-state index in [1.807, 2.05) is 30.3 Å². The number of carbonyl (C=O) groups is 1. The zero-order chi connectivity index (χ0) is 15.5. The van der Waals surface area contributed by atoms with E-state index in [0.717, 1.165) is 18.4 Å². The third kappa shape index (κ3) is 5.13. The number of carbonyl (C=O) groups excluding carboxylic acids is 1. The van der Waals surface area contributed by atoms with E-state index in [0.29, 0.717) is 13.0 Å². The Balaban J connectivity index is 1.82. The van der Waals surface area contributed by atoms with E-state index >= 15 is 0 Å². The van der Waals surface area contributed by atoms with Crippen LogP contribution >= 0.6 is 0 Å². The summed E-state index contributed by atoms with van der Waals surface area (Å²) in [6.07, 6.45) is 3.39. The average molecular weight is 310 g/mol. The number of sulfone groups is 1. The molecule has 116 valence electrons. The van der Waals surface area contributed by atoms with Crippen LogP contribution in [0.25, 0.3) is 0 Å². The molecular formula is C15H22N2O3S. The zero-order valence-electron chi connectivity index (χ0n) is 12.2. The van der Waals surface area contributed by atoms with Crippen molar-refractivity contribution in [1.82, 2.24) is 5.32 Å². The first-order valence-corrected chi connectivity index (χ1v) is 9.11. The maximum atomic E-state index is 12.0. The fourth-order valence-corrected chi connectivity index (χ4v) is 3.97. The summed E-state index contributed by atoms with van der Waals surface area (Å²) >= 11 is 0. The third-order valence-corrected chi connectivity index (χ3v) is 4.94. The minimum atomic E-state index is -3.02. The summed E-state index contributed by atoms with van der Waals surface area (Å²) in [6.45, 7) is 0.390. The van der Waals surface area contributed by atoms with Crippen LogP contribution < -0.4 is 11.1 Å². The molecule has 6 heteroatoms. The van der Waals surface area contributed by atoms with Gasteiger partial charge in [-0.05, 0) is 24.8 Å². The van der Waals surface area contributed by atoms with Gasteiger partial charge in [-0.3, -0.25) is 4.79 Å². The summed E-state index contributed by atoms with van der Waals surface area (Å²) in [4.78, 5) is 12.0. The number of hydrogen-bond donors (Lipinski definition) is 2. The smallest absolute Gasteiger partial charge is 0.237 e. The normalized spacial score (nSPS) is 18.0. The first kappa shape index (κ1) is 16.0. The number of hydrogen-bond acceptors (Lipinski definition) is 4. The van der Waals surface area contributed by atoms with Crippen molar-refractivity contribution in [3.8, 4) is 0 Å². The van der Waals surface area contributed by atoms with E-state index in [4.69, 9.17) is 5.73 Å². The molecule has 0 radical (unpaired) electrons. The minimum Gasteiger partial charge on any atom is -0.354 e. The monoisotopic (exact) mass is 310 g/mol. The molecule has 0 spiro atoms. The molecule has 0 aromatic heterocycles. The quantitative estimate of drug-likeness (QED) is 0.767. The molecule has 1 fully saturated rings. The van der Waals surface area contributed by atoms with E-state index in [9.17, 15) is 13.2 Å². The number of nitrogens with two attached hydrogens (primary N) is 1. The molecule has 1 aliphatic carbocycles. The van der Waals surface area contributed by atoms with E-state index in [-0.39, 0.29) is 17.1 Å². The number of amides is 1. The molecule has 1 aromatic rings. The Morgan fingerprint density at radius 3 is 2.48 bits per heavy atom. The lowest BCUT2D eigenvalue weighted by atomic mass is 10.1. The molecule has 0 unspecified atom stereocenters. The Kier molecular flexibility index (Phi) is 4.68. The summed E-state index contributed by atoms with van der Waals surface area (Å²) in [5.41, 5.74) is 6.64. The van der Waals surface area contributed by atoms with Gasteiger partial charge in [-0.25, -0.2) is 8.42 Å². The maximum absolute atomic E-state index is 12.0. The largest absolute Gasteiger partial charge is 0.354 e. The molecule has 2 rings (SSSR count). The minimum absolute atomic E-state index is 0.133. The van der Waals surface area contributed by atoms with Crippen molar-refractivity contribution in [2.45, 2.75) is 25.3 Å². The Morgan fingerprint density at radius 2 is 1.95 bits per heavy atom. The van der Waals surface area contributed by atoms with Gasteiger partial charge in [0.25, 0.3) is 0 Å². The lowest BCUT2D eigenvalue weighted by Gasteiger charge is -2.17. The summed E-state index contributed by atoms with van der Waals surface area (Å²) < 4.78 is 22.7. The predicted octanol–water partition coefficient (Wildman–Crippen LogP) is 0.497. The van der Waals surface area contributed by atoms with Crippen LogP contribution in [-0.2, 0) is 21.1 Å². The van der Waals surface area contributed by atoms with E-state index in [1.165, 1.54) is 6.26 Å². The highest BCUT2D eigenvalue weighted by molar-refractivity contribution is 7.90. The van der Waals surface area contributed by atoms with Gasteiger partial charge in [0.15, 0.2) is 0 Å². The van der Waals surface area contributed by atoms with Gasteiger partial charge < -0.3 is 11.1 Å². The van der Waals surface area contributed by atoms with Crippen LogP contribution in [0.1, 0.15) is 18.4 Å². The van der Waals surface area contributed by atoms with Gasteiger partial charge in [0.05, 0.1) is 11.8 Å². The van der Waals surface area contributed by atoms with E-state index in [1.54, 1.807) is 0 Å². The van der Waals surface area contributed by atoms with Crippen LogP contribution in [0.3, 0.4) is 0 Å². The molecule has 0 aliphatic heterocycles. The molecule has 1 aromatic carbocycles. The molecule has 1 atom stereocenters. The fourth-order valence-electron chi connectivity index (χ4n) is 2.47. The highest BCUT2D eigenvalue weighted by Crippen LogP contribution is 2.45. The van der Waals surface area contributed by atoms with Gasteiger partial charge in [-0.2, -0.15) is 0 Å².